The molecule has 1 unspecified atom stereocenters. The maximum atomic E-state index is 12.4. The number of fused-ring (bicyclic) bond motifs is 1. The Kier molecular flexibility index (Phi) is 4.39. The number of carbonyl (C=O) groups is 1. The van der Waals surface area contributed by atoms with Gasteiger partial charge in [-0.15, -0.1) is 0 Å². The Balaban J connectivity index is 1.76. The molecule has 126 valence electrons. The highest BCUT2D eigenvalue weighted by atomic mass is 32.2. The van der Waals surface area contributed by atoms with Crippen LogP contribution in [0.2, 0.25) is 0 Å². The van der Waals surface area contributed by atoms with Crippen molar-refractivity contribution in [2.45, 2.75) is 12.6 Å². The molecule has 0 aliphatic carbocycles. The fourth-order valence-electron chi connectivity index (χ4n) is 2.45. The minimum atomic E-state index is -3.51. The predicted molar refractivity (Wildman–Crippen MR) is 89.1 cm³/mol. The Labute approximate surface area is 140 Å². The van der Waals surface area contributed by atoms with Crippen LogP contribution in [0, 0.1) is 0 Å². The van der Waals surface area contributed by atoms with Gasteiger partial charge in [-0.05, 0) is 24.3 Å². The Bertz CT molecular complexity index is 839. The van der Waals surface area contributed by atoms with Crippen LogP contribution in [0.25, 0.3) is 0 Å². The Morgan fingerprint density at radius 1 is 1.29 bits per heavy atom. The molecule has 1 aliphatic rings. The van der Waals surface area contributed by atoms with Gasteiger partial charge < -0.3 is 10.1 Å². The first-order valence-corrected chi connectivity index (χ1v) is 9.21. The topological polar surface area (TPSA) is 88.6 Å². The van der Waals surface area contributed by atoms with Crippen molar-refractivity contribution in [3.63, 3.8) is 0 Å². The summed E-state index contributed by atoms with van der Waals surface area (Å²) < 4.78 is 30.9. The van der Waals surface area contributed by atoms with Gasteiger partial charge >= 0.3 is 0 Å². The smallest absolute Gasteiger partial charge is 0.263 e. The van der Waals surface area contributed by atoms with Gasteiger partial charge in [-0.1, -0.05) is 18.2 Å². The van der Waals surface area contributed by atoms with Gasteiger partial charge in [0.05, 0.1) is 30.7 Å². The number of rotatable bonds is 4. The molecule has 8 heteroatoms. The third-order valence-corrected chi connectivity index (χ3v) is 4.74. The van der Waals surface area contributed by atoms with E-state index in [2.05, 4.69) is 10.3 Å². The highest BCUT2D eigenvalue weighted by Crippen LogP contribution is 2.34. The summed E-state index contributed by atoms with van der Waals surface area (Å²) in [5.41, 5.74) is 1.15. The van der Waals surface area contributed by atoms with Crippen LogP contribution in [0.3, 0.4) is 0 Å². The lowest BCUT2D eigenvalue weighted by atomic mass is 10.2. The normalized spacial score (nSPS) is 16.9. The van der Waals surface area contributed by atoms with Crippen LogP contribution < -0.4 is 14.4 Å². The summed E-state index contributed by atoms with van der Waals surface area (Å²) >= 11 is 0. The van der Waals surface area contributed by atoms with E-state index in [-0.39, 0.29) is 19.0 Å². The second-order valence-electron chi connectivity index (χ2n) is 5.41. The van der Waals surface area contributed by atoms with Crippen LogP contribution in [-0.4, -0.2) is 38.2 Å². The lowest BCUT2D eigenvalue weighted by Crippen LogP contribution is -2.50. The van der Waals surface area contributed by atoms with Gasteiger partial charge in [0.25, 0.3) is 5.91 Å². The molecule has 7 nitrogen and oxygen atoms in total. The standard InChI is InChI=1S/C16H17N3O4S/c1-24(21,22)19-11-15(23-14-8-3-2-7-13(14)19)16(20)18-10-12-6-4-5-9-17-12/h2-9,15H,10-11H2,1H3,(H,18,20). The molecule has 2 aromatic rings. The first-order chi connectivity index (χ1) is 11.4. The van der Waals surface area contributed by atoms with E-state index in [1.54, 1.807) is 42.6 Å². The van der Waals surface area contributed by atoms with Crippen molar-refractivity contribution >= 4 is 21.6 Å². The van der Waals surface area contributed by atoms with Crippen LogP contribution >= 0.6 is 0 Å². The maximum Gasteiger partial charge on any atom is 0.263 e. The molecule has 24 heavy (non-hydrogen) atoms. The Morgan fingerprint density at radius 2 is 2.04 bits per heavy atom. The Hall–Kier alpha value is -2.61. The zero-order valence-electron chi connectivity index (χ0n) is 13.0. The number of pyridine rings is 1. The molecule has 0 bridgehead atoms. The second kappa shape index (κ2) is 6.48. The molecule has 1 aromatic carbocycles. The largest absolute Gasteiger partial charge is 0.476 e. The number of hydrogen-bond acceptors (Lipinski definition) is 5. The molecule has 0 spiro atoms. The van der Waals surface area contributed by atoms with Crippen LogP contribution in [-0.2, 0) is 21.4 Å². The van der Waals surface area contributed by atoms with E-state index in [4.69, 9.17) is 4.74 Å². The van der Waals surface area contributed by atoms with Crippen molar-refractivity contribution in [1.82, 2.24) is 10.3 Å². The molecule has 0 radical (unpaired) electrons. The predicted octanol–water partition coefficient (Wildman–Crippen LogP) is 0.925. The molecule has 2 heterocycles. The summed E-state index contributed by atoms with van der Waals surface area (Å²) in [6, 6.07) is 12.2. The van der Waals surface area contributed by atoms with Crippen molar-refractivity contribution in [1.29, 1.82) is 0 Å². The van der Waals surface area contributed by atoms with Gasteiger partial charge in [-0.2, -0.15) is 0 Å². The number of hydrogen-bond donors (Lipinski definition) is 1. The van der Waals surface area contributed by atoms with Crippen molar-refractivity contribution < 1.29 is 17.9 Å². The molecular formula is C16H17N3O4S. The monoisotopic (exact) mass is 347 g/mol. The van der Waals surface area contributed by atoms with Crippen molar-refractivity contribution in [2.24, 2.45) is 0 Å². The lowest BCUT2D eigenvalue weighted by molar-refractivity contribution is -0.127. The Morgan fingerprint density at radius 3 is 2.75 bits per heavy atom. The number of nitrogens with zero attached hydrogens (tertiary/aromatic N) is 2. The average molecular weight is 347 g/mol. The molecular weight excluding hydrogens is 330 g/mol. The number of anilines is 1. The maximum absolute atomic E-state index is 12.4. The van der Waals surface area contributed by atoms with E-state index in [0.29, 0.717) is 17.1 Å². The second-order valence-corrected chi connectivity index (χ2v) is 7.31. The van der Waals surface area contributed by atoms with E-state index < -0.39 is 16.1 Å². The average Bonchev–Trinajstić information content (AvgIpc) is 2.58. The number of carbonyl (C=O) groups excluding carboxylic acids is 1. The molecule has 0 fully saturated rings. The van der Waals surface area contributed by atoms with E-state index in [0.717, 1.165) is 6.26 Å². The number of nitrogens with one attached hydrogen (secondary N) is 1. The van der Waals surface area contributed by atoms with Gasteiger partial charge in [0.2, 0.25) is 10.0 Å². The molecule has 1 aliphatic heterocycles. The summed E-state index contributed by atoms with van der Waals surface area (Å²) in [4.78, 5) is 16.5. The van der Waals surface area contributed by atoms with Crippen LogP contribution in [0.1, 0.15) is 5.69 Å². The summed E-state index contributed by atoms with van der Waals surface area (Å²) in [6.07, 6.45) is 1.83. The van der Waals surface area contributed by atoms with Crippen molar-refractivity contribution in [3.8, 4) is 5.75 Å². The zero-order valence-corrected chi connectivity index (χ0v) is 13.9. The summed E-state index contributed by atoms with van der Waals surface area (Å²) in [6.45, 7) is 0.184. The number of sulfonamides is 1. The fourth-order valence-corrected chi connectivity index (χ4v) is 3.36. The van der Waals surface area contributed by atoms with Gasteiger partial charge in [0, 0.05) is 6.20 Å². The zero-order chi connectivity index (χ0) is 17.2. The SMILES string of the molecule is CS(=O)(=O)N1CC(C(=O)NCc2ccccn2)Oc2ccccc21. The van der Waals surface area contributed by atoms with Crippen molar-refractivity contribution in [2.75, 3.05) is 17.1 Å². The number of ether oxygens (including phenoxy) is 1. The number of para-hydroxylation sites is 2. The van der Waals surface area contributed by atoms with Gasteiger partial charge in [-0.3, -0.25) is 14.1 Å². The third-order valence-electron chi connectivity index (χ3n) is 3.60. The quantitative estimate of drug-likeness (QED) is 0.889. The highest BCUT2D eigenvalue weighted by molar-refractivity contribution is 7.92. The van der Waals surface area contributed by atoms with E-state index in [1.165, 1.54) is 4.31 Å². The number of amides is 1. The van der Waals surface area contributed by atoms with E-state index >= 15 is 0 Å². The minimum absolute atomic E-state index is 0.0656. The summed E-state index contributed by atoms with van der Waals surface area (Å²) in [5, 5.41) is 2.72. The lowest BCUT2D eigenvalue weighted by Gasteiger charge is -2.33. The minimum Gasteiger partial charge on any atom is -0.476 e. The number of aromatic nitrogens is 1. The van der Waals surface area contributed by atoms with Crippen molar-refractivity contribution in [3.05, 3.63) is 54.4 Å². The molecule has 1 N–H and O–H groups in total. The van der Waals surface area contributed by atoms with Crippen LogP contribution in [0.15, 0.2) is 48.7 Å². The van der Waals surface area contributed by atoms with Gasteiger partial charge in [-0.25, -0.2) is 8.42 Å². The highest BCUT2D eigenvalue weighted by Gasteiger charge is 2.34. The molecule has 0 saturated heterocycles. The first-order valence-electron chi connectivity index (χ1n) is 7.36. The molecule has 3 rings (SSSR count). The fraction of sp³-hybridized carbons (Fsp3) is 0.250. The number of benzene rings is 1. The first kappa shape index (κ1) is 16.3. The van der Waals surface area contributed by atoms with Gasteiger partial charge in [0.15, 0.2) is 6.10 Å². The van der Waals surface area contributed by atoms with Gasteiger partial charge in [0.1, 0.15) is 5.75 Å². The molecule has 0 saturated carbocycles. The van der Waals surface area contributed by atoms with Crippen LogP contribution in [0.4, 0.5) is 5.69 Å². The summed E-state index contributed by atoms with van der Waals surface area (Å²) in [7, 11) is -3.51. The van der Waals surface area contributed by atoms with E-state index in [1.807, 2.05) is 6.07 Å². The van der Waals surface area contributed by atoms with Crippen LogP contribution in [0.5, 0.6) is 5.75 Å². The summed E-state index contributed by atoms with van der Waals surface area (Å²) in [5.74, 6) is -0.0176. The molecule has 1 aromatic heterocycles. The van der Waals surface area contributed by atoms with E-state index in [9.17, 15) is 13.2 Å². The molecule has 1 atom stereocenters. The third kappa shape index (κ3) is 3.48. The molecule has 1 amide bonds.